The van der Waals surface area contributed by atoms with Gasteiger partial charge in [0.05, 0.1) is 13.0 Å². The molecular weight excluding hydrogens is 208 g/mol. The van der Waals surface area contributed by atoms with Crippen molar-refractivity contribution in [3.8, 4) is 0 Å². The number of esters is 1. The van der Waals surface area contributed by atoms with Gasteiger partial charge in [0.25, 0.3) is 0 Å². The zero-order valence-corrected chi connectivity index (χ0v) is 9.50. The second-order valence-corrected chi connectivity index (χ2v) is 4.87. The highest BCUT2D eigenvalue weighted by atomic mass is 32.2. The molecule has 80 valence electrons. The van der Waals surface area contributed by atoms with Gasteiger partial charge in [-0.15, -0.1) is 0 Å². The molecule has 2 rings (SSSR count). The zero-order valence-electron chi connectivity index (χ0n) is 8.68. The predicted octanol–water partition coefficient (Wildman–Crippen LogP) is 2.65. The maximum absolute atomic E-state index is 11.6. The maximum Gasteiger partial charge on any atom is 0.310 e. The minimum atomic E-state index is -0.0751. The summed E-state index contributed by atoms with van der Waals surface area (Å²) >= 11 is 1.85. The molecule has 1 aromatic rings. The van der Waals surface area contributed by atoms with Crippen molar-refractivity contribution in [1.29, 1.82) is 0 Å². The Morgan fingerprint density at radius 1 is 1.40 bits per heavy atom. The van der Waals surface area contributed by atoms with Gasteiger partial charge >= 0.3 is 5.97 Å². The van der Waals surface area contributed by atoms with Crippen LogP contribution in [0.1, 0.15) is 17.2 Å². The molecule has 0 bridgehead atoms. The summed E-state index contributed by atoms with van der Waals surface area (Å²) in [7, 11) is 1.47. The van der Waals surface area contributed by atoms with Gasteiger partial charge in [0, 0.05) is 5.25 Å². The molecule has 15 heavy (non-hydrogen) atoms. The van der Waals surface area contributed by atoms with E-state index in [1.807, 2.05) is 30.0 Å². The second-order valence-electron chi connectivity index (χ2n) is 3.62. The smallest absolute Gasteiger partial charge is 0.310 e. The number of rotatable bonds is 2. The molecule has 0 aliphatic carbocycles. The van der Waals surface area contributed by atoms with E-state index in [0.717, 1.165) is 12.2 Å². The number of hydrogen-bond acceptors (Lipinski definition) is 3. The first-order valence-electron chi connectivity index (χ1n) is 5.07. The van der Waals surface area contributed by atoms with Crippen molar-refractivity contribution in [2.24, 2.45) is 5.92 Å². The molecular formula is C12H14O2S. The van der Waals surface area contributed by atoms with Crippen molar-refractivity contribution in [2.75, 3.05) is 12.9 Å². The average Bonchev–Trinajstić information content (AvgIpc) is 2.78. The number of hydrogen-bond donors (Lipinski definition) is 0. The first-order chi connectivity index (χ1) is 7.33. The van der Waals surface area contributed by atoms with Crippen LogP contribution in [0.5, 0.6) is 0 Å². The maximum atomic E-state index is 11.6. The first-order valence-corrected chi connectivity index (χ1v) is 6.12. The highest BCUT2D eigenvalue weighted by Gasteiger charge is 2.35. The van der Waals surface area contributed by atoms with E-state index in [0.29, 0.717) is 0 Å². The Morgan fingerprint density at radius 3 is 2.80 bits per heavy atom. The summed E-state index contributed by atoms with van der Waals surface area (Å²) in [6.45, 7) is 0. The fourth-order valence-corrected chi connectivity index (χ4v) is 3.43. The molecule has 1 aromatic carbocycles. The Bertz CT molecular complexity index is 337. The van der Waals surface area contributed by atoms with Crippen molar-refractivity contribution >= 4 is 17.7 Å². The topological polar surface area (TPSA) is 26.3 Å². The number of ether oxygens (including phenoxy) is 1. The molecule has 1 aliphatic heterocycles. The third-order valence-electron chi connectivity index (χ3n) is 2.72. The lowest BCUT2D eigenvalue weighted by atomic mass is 9.97. The van der Waals surface area contributed by atoms with Crippen LogP contribution in [0.4, 0.5) is 0 Å². The number of carbonyl (C=O) groups is 1. The third-order valence-corrected chi connectivity index (χ3v) is 4.15. The Labute approximate surface area is 94.0 Å². The van der Waals surface area contributed by atoms with Gasteiger partial charge in [0.1, 0.15) is 0 Å². The van der Waals surface area contributed by atoms with Crippen LogP contribution >= 0.6 is 11.8 Å². The average molecular weight is 222 g/mol. The summed E-state index contributed by atoms with van der Waals surface area (Å²) in [4.78, 5) is 11.6. The monoisotopic (exact) mass is 222 g/mol. The number of methoxy groups -OCH3 is 1. The van der Waals surface area contributed by atoms with Crippen LogP contribution < -0.4 is 0 Å². The van der Waals surface area contributed by atoms with E-state index >= 15 is 0 Å². The van der Waals surface area contributed by atoms with Crippen LogP contribution in [0.15, 0.2) is 30.3 Å². The molecule has 0 saturated carbocycles. The molecule has 1 saturated heterocycles. The summed E-state index contributed by atoms with van der Waals surface area (Å²) in [5, 5.41) is 0.277. The fourth-order valence-electron chi connectivity index (χ4n) is 1.95. The molecule has 2 atom stereocenters. The standard InChI is InChI=1S/C12H14O2S/c1-14-12(13)10-7-8-15-11(10)9-5-3-2-4-6-9/h2-6,10-11H,7-8H2,1H3/t10-,11-/m1/s1. The Morgan fingerprint density at radius 2 is 2.13 bits per heavy atom. The van der Waals surface area contributed by atoms with Gasteiger partial charge in [0.15, 0.2) is 0 Å². The van der Waals surface area contributed by atoms with Gasteiger partial charge < -0.3 is 4.74 Å². The largest absolute Gasteiger partial charge is 0.469 e. The molecule has 0 radical (unpaired) electrons. The molecule has 0 unspecified atom stereocenters. The SMILES string of the molecule is COC(=O)[C@@H]1CCS[C@@H]1c1ccccc1. The van der Waals surface area contributed by atoms with E-state index in [1.165, 1.54) is 12.7 Å². The van der Waals surface area contributed by atoms with Crippen LogP contribution in [0.3, 0.4) is 0 Å². The minimum Gasteiger partial charge on any atom is -0.469 e. The predicted molar refractivity (Wildman–Crippen MR) is 61.8 cm³/mol. The molecule has 0 amide bonds. The molecule has 1 heterocycles. The van der Waals surface area contributed by atoms with Gasteiger partial charge in [-0.3, -0.25) is 4.79 Å². The molecule has 0 aromatic heterocycles. The highest BCUT2D eigenvalue weighted by molar-refractivity contribution is 7.99. The van der Waals surface area contributed by atoms with E-state index in [1.54, 1.807) is 0 Å². The normalized spacial score (nSPS) is 25.1. The lowest BCUT2D eigenvalue weighted by Gasteiger charge is -2.16. The third kappa shape index (κ3) is 2.17. The second kappa shape index (κ2) is 4.71. The summed E-state index contributed by atoms with van der Waals surface area (Å²) < 4.78 is 4.83. The van der Waals surface area contributed by atoms with Crippen molar-refractivity contribution < 1.29 is 9.53 Å². The van der Waals surface area contributed by atoms with Crippen molar-refractivity contribution in [1.82, 2.24) is 0 Å². The van der Waals surface area contributed by atoms with Crippen LogP contribution in [0.25, 0.3) is 0 Å². The van der Waals surface area contributed by atoms with Gasteiger partial charge in [-0.25, -0.2) is 0 Å². The molecule has 1 aliphatic rings. The summed E-state index contributed by atoms with van der Waals surface area (Å²) in [5.74, 6) is 0.996. The Kier molecular flexibility index (Phi) is 3.31. The lowest BCUT2D eigenvalue weighted by Crippen LogP contribution is -2.18. The van der Waals surface area contributed by atoms with E-state index in [9.17, 15) is 4.79 Å². The van der Waals surface area contributed by atoms with Gasteiger partial charge in [-0.05, 0) is 17.7 Å². The van der Waals surface area contributed by atoms with Gasteiger partial charge in [-0.2, -0.15) is 11.8 Å². The van der Waals surface area contributed by atoms with Crippen LogP contribution in [-0.2, 0) is 9.53 Å². The molecule has 1 fully saturated rings. The van der Waals surface area contributed by atoms with Gasteiger partial charge in [-0.1, -0.05) is 30.3 Å². The van der Waals surface area contributed by atoms with Crippen molar-refractivity contribution in [3.05, 3.63) is 35.9 Å². The summed E-state index contributed by atoms with van der Waals surface area (Å²) in [6, 6.07) is 10.2. The van der Waals surface area contributed by atoms with Crippen LogP contribution in [-0.4, -0.2) is 18.8 Å². The van der Waals surface area contributed by atoms with Crippen LogP contribution in [0.2, 0.25) is 0 Å². The van der Waals surface area contributed by atoms with E-state index in [-0.39, 0.29) is 17.1 Å². The fraction of sp³-hybridized carbons (Fsp3) is 0.417. The van der Waals surface area contributed by atoms with E-state index < -0.39 is 0 Å². The van der Waals surface area contributed by atoms with Crippen molar-refractivity contribution in [2.45, 2.75) is 11.7 Å². The quantitative estimate of drug-likeness (QED) is 0.720. The molecule has 0 spiro atoms. The minimum absolute atomic E-state index is 0.0300. The zero-order chi connectivity index (χ0) is 10.7. The first kappa shape index (κ1) is 10.6. The number of thioether (sulfide) groups is 1. The molecule has 3 heteroatoms. The Hall–Kier alpha value is -0.960. The molecule has 0 N–H and O–H groups in total. The van der Waals surface area contributed by atoms with Gasteiger partial charge in [0.2, 0.25) is 0 Å². The summed E-state index contributed by atoms with van der Waals surface area (Å²) in [5.41, 5.74) is 1.23. The highest BCUT2D eigenvalue weighted by Crippen LogP contribution is 2.44. The molecule has 2 nitrogen and oxygen atoms in total. The summed E-state index contributed by atoms with van der Waals surface area (Å²) in [6.07, 6.45) is 0.927. The van der Waals surface area contributed by atoms with Crippen LogP contribution in [0, 0.1) is 5.92 Å². The van der Waals surface area contributed by atoms with Crippen molar-refractivity contribution in [3.63, 3.8) is 0 Å². The number of benzene rings is 1. The number of carbonyl (C=O) groups excluding carboxylic acids is 1. The van der Waals surface area contributed by atoms with E-state index in [2.05, 4.69) is 12.1 Å². The lowest BCUT2D eigenvalue weighted by molar-refractivity contribution is -0.145. The van der Waals surface area contributed by atoms with E-state index in [4.69, 9.17) is 4.74 Å². The Balaban J connectivity index is 2.18.